The summed E-state index contributed by atoms with van der Waals surface area (Å²) in [6, 6.07) is 18.3. The third-order valence-corrected chi connectivity index (χ3v) is 7.00. The average Bonchev–Trinajstić information content (AvgIpc) is 3.50. The van der Waals surface area contributed by atoms with Gasteiger partial charge < -0.3 is 15.0 Å². The minimum Gasteiger partial charge on any atom is -0.378 e. The number of amides is 1. The molecule has 2 aromatic carbocycles. The Morgan fingerprint density at radius 3 is 2.56 bits per heavy atom. The van der Waals surface area contributed by atoms with Crippen molar-refractivity contribution in [1.29, 1.82) is 0 Å². The second kappa shape index (κ2) is 8.85. The topological polar surface area (TPSA) is 67.4 Å². The van der Waals surface area contributed by atoms with Crippen molar-refractivity contribution in [2.75, 3.05) is 36.5 Å². The summed E-state index contributed by atoms with van der Waals surface area (Å²) < 4.78 is 5.44. The Balaban J connectivity index is 1.29. The van der Waals surface area contributed by atoms with Gasteiger partial charge in [0.1, 0.15) is 5.01 Å². The molecule has 4 aromatic rings. The molecule has 0 bridgehead atoms. The van der Waals surface area contributed by atoms with Gasteiger partial charge in [0.2, 0.25) is 0 Å². The number of benzene rings is 2. The highest BCUT2D eigenvalue weighted by Crippen LogP contribution is 2.37. The first-order chi connectivity index (χ1) is 16.7. The van der Waals surface area contributed by atoms with E-state index < -0.39 is 0 Å². The second-order valence-corrected chi connectivity index (χ2v) is 9.10. The van der Waals surface area contributed by atoms with E-state index in [9.17, 15) is 4.79 Å². The molecule has 0 unspecified atom stereocenters. The number of nitrogens with zero attached hydrogens (tertiary/aromatic N) is 3. The van der Waals surface area contributed by atoms with Crippen molar-refractivity contribution in [2.24, 2.45) is 0 Å². The summed E-state index contributed by atoms with van der Waals surface area (Å²) in [4.78, 5) is 24.0. The first-order valence-electron chi connectivity index (χ1n) is 11.2. The number of ether oxygens (including phenoxy) is 1. The number of anilines is 2. The van der Waals surface area contributed by atoms with Crippen LogP contribution in [0.1, 0.15) is 11.1 Å². The van der Waals surface area contributed by atoms with Crippen LogP contribution in [0.3, 0.4) is 0 Å². The maximum Gasteiger partial charge on any atom is 0.256 e. The van der Waals surface area contributed by atoms with Crippen LogP contribution in [0.2, 0.25) is 0 Å². The molecule has 0 atom stereocenters. The summed E-state index contributed by atoms with van der Waals surface area (Å²) in [5, 5.41) is 5.98. The Hall–Kier alpha value is -3.81. The molecule has 1 amide bonds. The molecule has 4 heterocycles. The number of nitrogens with one attached hydrogen (secondary N) is 1. The van der Waals surface area contributed by atoms with Crippen LogP contribution in [0.15, 0.2) is 72.4 Å². The molecule has 2 aromatic heterocycles. The number of aromatic nitrogens is 2. The molecule has 2 aliphatic rings. The summed E-state index contributed by atoms with van der Waals surface area (Å²) in [5.41, 5.74) is 7.50. The maximum atomic E-state index is 12.8. The highest BCUT2D eigenvalue weighted by atomic mass is 32.1. The highest BCUT2D eigenvalue weighted by Gasteiger charge is 2.25. The highest BCUT2D eigenvalue weighted by molar-refractivity contribution is 7.13. The molecule has 0 saturated carbocycles. The number of carbonyl (C=O) groups excluding carboxylic acids is 1. The monoisotopic (exact) mass is 466 g/mol. The lowest BCUT2D eigenvalue weighted by atomic mass is 10.0. The lowest BCUT2D eigenvalue weighted by Crippen LogP contribution is -2.36. The lowest BCUT2D eigenvalue weighted by molar-refractivity contribution is -0.110. The average molecular weight is 467 g/mol. The van der Waals surface area contributed by atoms with Crippen molar-refractivity contribution in [2.45, 2.75) is 0 Å². The molecule has 1 fully saturated rings. The standard InChI is InChI=1S/C27H22N4O2S/c32-26-23(15-18-1-4-21(5-2-18)31-11-13-33-14-12-31)22-16-20(3-6-24(22)29-26)25-17-34-27(30-25)19-7-9-28-10-8-19/h1-10,15-17H,11-14H2,(H,29,32). The zero-order valence-electron chi connectivity index (χ0n) is 18.4. The molecule has 6 rings (SSSR count). The number of rotatable bonds is 4. The largest absolute Gasteiger partial charge is 0.378 e. The van der Waals surface area contributed by atoms with Crippen LogP contribution in [0.5, 0.6) is 0 Å². The van der Waals surface area contributed by atoms with Crippen LogP contribution < -0.4 is 10.2 Å². The van der Waals surface area contributed by atoms with E-state index in [-0.39, 0.29) is 5.91 Å². The minimum atomic E-state index is -0.0832. The number of hydrogen-bond acceptors (Lipinski definition) is 6. The third-order valence-electron chi connectivity index (χ3n) is 6.11. The maximum absolute atomic E-state index is 12.8. The predicted octanol–water partition coefficient (Wildman–Crippen LogP) is 5.20. The fourth-order valence-electron chi connectivity index (χ4n) is 4.29. The number of hydrogen-bond donors (Lipinski definition) is 1. The van der Waals surface area contributed by atoms with Gasteiger partial charge in [0.15, 0.2) is 0 Å². The molecule has 2 aliphatic heterocycles. The molecule has 1 N–H and O–H groups in total. The van der Waals surface area contributed by atoms with Gasteiger partial charge in [-0.15, -0.1) is 11.3 Å². The fourth-order valence-corrected chi connectivity index (χ4v) is 5.13. The van der Waals surface area contributed by atoms with E-state index in [1.807, 2.05) is 36.4 Å². The lowest BCUT2D eigenvalue weighted by Gasteiger charge is -2.28. The summed E-state index contributed by atoms with van der Waals surface area (Å²) >= 11 is 1.60. The molecule has 1 saturated heterocycles. The Morgan fingerprint density at radius 2 is 1.76 bits per heavy atom. The van der Waals surface area contributed by atoms with Gasteiger partial charge in [-0.25, -0.2) is 4.98 Å². The first kappa shape index (κ1) is 20.8. The summed E-state index contributed by atoms with van der Waals surface area (Å²) in [7, 11) is 0. The van der Waals surface area contributed by atoms with Gasteiger partial charge in [-0.3, -0.25) is 9.78 Å². The van der Waals surface area contributed by atoms with Gasteiger partial charge in [-0.2, -0.15) is 0 Å². The van der Waals surface area contributed by atoms with Crippen molar-refractivity contribution < 1.29 is 9.53 Å². The third kappa shape index (κ3) is 4.00. The van der Waals surface area contributed by atoms with Crippen LogP contribution >= 0.6 is 11.3 Å². The van der Waals surface area contributed by atoms with E-state index in [1.54, 1.807) is 23.7 Å². The molecule has 168 valence electrons. The zero-order valence-corrected chi connectivity index (χ0v) is 19.2. The van der Waals surface area contributed by atoms with Crippen LogP contribution in [0, 0.1) is 0 Å². The molecular weight excluding hydrogens is 444 g/mol. The molecule has 7 heteroatoms. The number of carbonyl (C=O) groups is 1. The van der Waals surface area contributed by atoms with Crippen molar-refractivity contribution in [3.63, 3.8) is 0 Å². The Labute approximate surface area is 201 Å². The summed E-state index contributed by atoms with van der Waals surface area (Å²) in [6.45, 7) is 3.32. The van der Waals surface area contributed by atoms with Crippen molar-refractivity contribution in [3.05, 3.63) is 83.5 Å². The van der Waals surface area contributed by atoms with Gasteiger partial charge in [0.25, 0.3) is 5.91 Å². The van der Waals surface area contributed by atoms with Crippen LogP contribution in [0.4, 0.5) is 11.4 Å². The smallest absolute Gasteiger partial charge is 0.256 e. The Morgan fingerprint density at radius 1 is 0.971 bits per heavy atom. The van der Waals surface area contributed by atoms with Crippen LogP contribution in [0.25, 0.3) is 33.5 Å². The Bertz CT molecular complexity index is 1370. The number of morpholine rings is 1. The number of fused-ring (bicyclic) bond motifs is 1. The molecule has 0 spiro atoms. The van der Waals surface area contributed by atoms with E-state index in [0.29, 0.717) is 5.57 Å². The van der Waals surface area contributed by atoms with Crippen molar-refractivity contribution >= 4 is 40.3 Å². The van der Waals surface area contributed by atoms with E-state index in [1.165, 1.54) is 5.69 Å². The van der Waals surface area contributed by atoms with Crippen LogP contribution in [-0.4, -0.2) is 42.2 Å². The molecule has 34 heavy (non-hydrogen) atoms. The summed E-state index contributed by atoms with van der Waals surface area (Å²) in [5.74, 6) is -0.0832. The molecule has 0 aliphatic carbocycles. The van der Waals surface area contributed by atoms with Crippen LogP contribution in [-0.2, 0) is 9.53 Å². The number of thiazole rings is 1. The SMILES string of the molecule is O=C1Nc2ccc(-c3csc(-c4ccncc4)n3)cc2C1=Cc1ccc(N2CCOCC2)cc1. The molecule has 6 nitrogen and oxygen atoms in total. The van der Waals surface area contributed by atoms with Crippen molar-refractivity contribution in [1.82, 2.24) is 9.97 Å². The minimum absolute atomic E-state index is 0.0832. The van der Waals surface area contributed by atoms with Gasteiger partial charge >= 0.3 is 0 Å². The van der Waals surface area contributed by atoms with Crippen molar-refractivity contribution in [3.8, 4) is 21.8 Å². The van der Waals surface area contributed by atoms with E-state index in [4.69, 9.17) is 9.72 Å². The normalized spacial score (nSPS) is 16.5. The van der Waals surface area contributed by atoms with E-state index >= 15 is 0 Å². The Kier molecular flexibility index (Phi) is 5.41. The first-order valence-corrected chi connectivity index (χ1v) is 12.1. The van der Waals surface area contributed by atoms with Gasteiger partial charge in [0.05, 0.1) is 18.9 Å². The summed E-state index contributed by atoms with van der Waals surface area (Å²) in [6.07, 6.45) is 5.50. The fraction of sp³-hybridized carbons (Fsp3) is 0.148. The second-order valence-electron chi connectivity index (χ2n) is 8.24. The van der Waals surface area contributed by atoms with Gasteiger partial charge in [-0.1, -0.05) is 18.2 Å². The van der Waals surface area contributed by atoms with E-state index in [0.717, 1.165) is 64.9 Å². The number of pyridine rings is 1. The van der Waals surface area contributed by atoms with E-state index in [2.05, 4.69) is 44.8 Å². The molecule has 0 radical (unpaired) electrons. The zero-order chi connectivity index (χ0) is 22.9. The quantitative estimate of drug-likeness (QED) is 0.419. The van der Waals surface area contributed by atoms with Gasteiger partial charge in [-0.05, 0) is 48.0 Å². The predicted molar refractivity (Wildman–Crippen MR) is 137 cm³/mol. The van der Waals surface area contributed by atoms with Gasteiger partial charge in [0, 0.05) is 64.5 Å². The molecular formula is C27H22N4O2S.